The Balaban J connectivity index is 4.54. The first kappa shape index (κ1) is 5.16. The molecule has 0 aliphatic heterocycles. The summed E-state index contributed by atoms with van der Waals surface area (Å²) < 4.78 is 22.9. The van der Waals surface area contributed by atoms with Crippen LogP contribution in [0.4, 0.5) is 0 Å². The highest BCUT2D eigenvalue weighted by Gasteiger charge is 2.04. The molecule has 10 heavy (non-hydrogen) atoms. The summed E-state index contributed by atoms with van der Waals surface area (Å²) in [4.78, 5) is 10.7. The lowest BCUT2D eigenvalue weighted by atomic mass is 10.1. The highest BCUT2D eigenvalue weighted by atomic mass is 16.1. The standard InChI is InChI=1S/C8H17NO/c1-6(2)5-7(3)9-8(4)10/h6-7H,5H2,1-4H3,(H,9,10)/t7-/m0/s1/i5D,6D,7D/t5-,7-. The molecule has 0 saturated carbocycles. The Kier molecular flexibility index (Phi) is 2.23. The van der Waals surface area contributed by atoms with Crippen molar-refractivity contribution in [2.45, 2.75) is 40.1 Å². The van der Waals surface area contributed by atoms with Gasteiger partial charge in [0.2, 0.25) is 5.91 Å². The Morgan fingerprint density at radius 2 is 2.20 bits per heavy atom. The zero-order chi connectivity index (χ0) is 10.9. The topological polar surface area (TPSA) is 29.1 Å². The van der Waals surface area contributed by atoms with E-state index in [1.165, 1.54) is 13.8 Å². The minimum Gasteiger partial charge on any atom is -0.354 e. The van der Waals surface area contributed by atoms with E-state index in [0.717, 1.165) is 0 Å². The normalized spacial score (nSPS) is 25.0. The molecule has 0 aromatic heterocycles. The molecular weight excluding hydrogens is 126 g/mol. The molecule has 0 radical (unpaired) electrons. The lowest BCUT2D eigenvalue weighted by Gasteiger charge is -2.13. The fourth-order valence-electron chi connectivity index (χ4n) is 0.747. The summed E-state index contributed by atoms with van der Waals surface area (Å²) in [7, 11) is 0. The quantitative estimate of drug-likeness (QED) is 0.643. The van der Waals surface area contributed by atoms with E-state index in [4.69, 9.17) is 4.11 Å². The van der Waals surface area contributed by atoms with Crippen LogP contribution in [0, 0.1) is 5.89 Å². The first-order valence-electron chi connectivity index (χ1n) is 4.86. The van der Waals surface area contributed by atoms with Gasteiger partial charge in [-0.2, -0.15) is 0 Å². The molecule has 0 spiro atoms. The molecular formula is C8H17NO. The molecule has 60 valence electrons. The SMILES string of the molecule is [2H][C@@H](C([2H])(C)C)[C@]([2H])(C)NC(C)=O. The molecule has 0 unspecified atom stereocenters. The van der Waals surface area contributed by atoms with Crippen LogP contribution in [-0.4, -0.2) is 11.9 Å². The van der Waals surface area contributed by atoms with E-state index in [1.54, 1.807) is 13.8 Å². The Morgan fingerprint density at radius 1 is 1.70 bits per heavy atom. The van der Waals surface area contributed by atoms with E-state index in [0.29, 0.717) is 0 Å². The van der Waals surface area contributed by atoms with Crippen LogP contribution in [0.3, 0.4) is 0 Å². The van der Waals surface area contributed by atoms with Crippen molar-refractivity contribution in [2.24, 2.45) is 5.89 Å². The van der Waals surface area contributed by atoms with E-state index < -0.39 is 18.3 Å². The van der Waals surface area contributed by atoms with Gasteiger partial charge in [0.25, 0.3) is 0 Å². The molecule has 0 aliphatic carbocycles. The fourth-order valence-corrected chi connectivity index (χ4v) is 0.747. The molecule has 0 fully saturated rings. The fraction of sp³-hybridized carbons (Fsp3) is 0.875. The maximum absolute atomic E-state index is 10.7. The zero-order valence-corrected chi connectivity index (χ0v) is 6.99. The van der Waals surface area contributed by atoms with E-state index in [2.05, 4.69) is 5.32 Å². The summed E-state index contributed by atoms with van der Waals surface area (Å²) in [5, 5.41) is 2.35. The minimum atomic E-state index is -1.41. The van der Waals surface area contributed by atoms with Gasteiger partial charge in [-0.3, -0.25) is 4.79 Å². The van der Waals surface area contributed by atoms with Crippen LogP contribution in [-0.2, 0) is 4.79 Å². The first-order valence-corrected chi connectivity index (χ1v) is 3.28. The summed E-state index contributed by atoms with van der Waals surface area (Å²) in [6.45, 7) is 5.84. The lowest BCUT2D eigenvalue weighted by molar-refractivity contribution is -0.119. The Bertz CT molecular complexity index is 198. The van der Waals surface area contributed by atoms with Crippen molar-refractivity contribution < 1.29 is 8.91 Å². The molecule has 0 aliphatic rings. The summed E-state index contributed by atoms with van der Waals surface area (Å²) in [6, 6.07) is -1.41. The van der Waals surface area contributed by atoms with Gasteiger partial charge in [-0.05, 0) is 19.2 Å². The summed E-state index contributed by atoms with van der Waals surface area (Å²) in [5.41, 5.74) is 0. The van der Waals surface area contributed by atoms with E-state index in [9.17, 15) is 4.79 Å². The van der Waals surface area contributed by atoms with Crippen molar-refractivity contribution in [2.75, 3.05) is 0 Å². The van der Waals surface area contributed by atoms with Gasteiger partial charge < -0.3 is 5.32 Å². The summed E-state index contributed by atoms with van der Waals surface area (Å²) in [6.07, 6.45) is -0.983. The van der Waals surface area contributed by atoms with Gasteiger partial charge >= 0.3 is 0 Å². The molecule has 0 heterocycles. The molecule has 2 atom stereocenters. The number of carbonyl (C=O) groups excluding carboxylic acids is 1. The first-order chi connectivity index (χ1) is 5.57. The van der Waals surface area contributed by atoms with Crippen molar-refractivity contribution in [1.29, 1.82) is 0 Å². The largest absolute Gasteiger partial charge is 0.354 e. The van der Waals surface area contributed by atoms with Crippen LogP contribution in [0.25, 0.3) is 0 Å². The zero-order valence-electron chi connectivity index (χ0n) is 9.99. The molecule has 2 heteroatoms. The van der Waals surface area contributed by atoms with E-state index >= 15 is 0 Å². The molecule has 0 saturated heterocycles. The van der Waals surface area contributed by atoms with Gasteiger partial charge in [-0.1, -0.05) is 13.8 Å². The third-order valence-corrected chi connectivity index (χ3v) is 0.878. The average Bonchev–Trinajstić information content (AvgIpc) is 1.80. The third kappa shape index (κ3) is 5.60. The Labute approximate surface area is 67.2 Å². The van der Waals surface area contributed by atoms with Crippen LogP contribution in [0.2, 0.25) is 0 Å². The van der Waals surface area contributed by atoms with E-state index in [1.807, 2.05) is 0 Å². The molecule has 1 N–H and O–H groups in total. The smallest absolute Gasteiger partial charge is 0.217 e. The predicted molar refractivity (Wildman–Crippen MR) is 42.7 cm³/mol. The highest BCUT2D eigenvalue weighted by Crippen LogP contribution is 2.02. The van der Waals surface area contributed by atoms with Crippen molar-refractivity contribution in [3.05, 3.63) is 0 Å². The van der Waals surface area contributed by atoms with Gasteiger partial charge in [0.1, 0.15) is 0 Å². The number of hydrogen-bond acceptors (Lipinski definition) is 1. The highest BCUT2D eigenvalue weighted by molar-refractivity contribution is 5.73. The maximum Gasteiger partial charge on any atom is 0.217 e. The van der Waals surface area contributed by atoms with Crippen LogP contribution in [0.5, 0.6) is 0 Å². The summed E-state index contributed by atoms with van der Waals surface area (Å²) in [5.74, 6) is -1.40. The molecule has 0 rings (SSSR count). The second kappa shape index (κ2) is 4.31. The van der Waals surface area contributed by atoms with Crippen LogP contribution < -0.4 is 5.32 Å². The van der Waals surface area contributed by atoms with Crippen molar-refractivity contribution in [3.63, 3.8) is 0 Å². The van der Waals surface area contributed by atoms with Gasteiger partial charge in [0, 0.05) is 15.7 Å². The van der Waals surface area contributed by atoms with Gasteiger partial charge in [-0.25, -0.2) is 0 Å². The molecule has 0 aromatic carbocycles. The van der Waals surface area contributed by atoms with Gasteiger partial charge in [-0.15, -0.1) is 0 Å². The lowest BCUT2D eigenvalue weighted by Crippen LogP contribution is -2.31. The Hall–Kier alpha value is -0.530. The second-order valence-corrected chi connectivity index (χ2v) is 2.59. The van der Waals surface area contributed by atoms with Crippen molar-refractivity contribution in [1.82, 2.24) is 5.32 Å². The van der Waals surface area contributed by atoms with Gasteiger partial charge in [0.05, 0.1) is 1.37 Å². The monoisotopic (exact) mass is 146 g/mol. The molecule has 1 amide bonds. The number of nitrogens with one attached hydrogen (secondary N) is 1. The number of rotatable bonds is 3. The number of hydrogen-bond donors (Lipinski definition) is 1. The molecule has 2 nitrogen and oxygen atoms in total. The molecule has 0 bridgehead atoms. The number of amides is 1. The minimum absolute atomic E-state index is 0.348. The second-order valence-electron chi connectivity index (χ2n) is 2.59. The summed E-state index contributed by atoms with van der Waals surface area (Å²) >= 11 is 0. The predicted octanol–water partition coefficient (Wildman–Crippen LogP) is 1.56. The van der Waals surface area contributed by atoms with E-state index in [-0.39, 0.29) is 5.91 Å². The maximum atomic E-state index is 10.7. The Morgan fingerprint density at radius 3 is 2.50 bits per heavy atom. The molecule has 0 aromatic rings. The average molecular weight is 146 g/mol. The van der Waals surface area contributed by atoms with Crippen LogP contribution in [0.15, 0.2) is 0 Å². The van der Waals surface area contributed by atoms with Crippen molar-refractivity contribution >= 4 is 5.91 Å². The van der Waals surface area contributed by atoms with Crippen LogP contribution in [0.1, 0.15) is 38.2 Å². The third-order valence-electron chi connectivity index (χ3n) is 0.878. The van der Waals surface area contributed by atoms with Crippen molar-refractivity contribution in [3.8, 4) is 0 Å². The van der Waals surface area contributed by atoms with Crippen LogP contribution >= 0.6 is 0 Å². The van der Waals surface area contributed by atoms with Gasteiger partial charge in [0.15, 0.2) is 0 Å². The number of carbonyl (C=O) groups is 1.